The highest BCUT2D eigenvalue weighted by Crippen LogP contribution is 2.20. The van der Waals surface area contributed by atoms with Crippen molar-refractivity contribution in [2.45, 2.75) is 32.3 Å². The third-order valence-electron chi connectivity index (χ3n) is 6.28. The number of rotatable bonds is 10. The maximum atomic E-state index is 13.0. The molecule has 0 bridgehead atoms. The Hall–Kier alpha value is -3.80. The third-order valence-corrected chi connectivity index (χ3v) is 6.28. The van der Waals surface area contributed by atoms with Gasteiger partial charge in [-0.1, -0.05) is 24.3 Å². The Morgan fingerprint density at radius 2 is 1.89 bits per heavy atom. The maximum Gasteiger partial charge on any atom is 0.257 e. The predicted molar refractivity (Wildman–Crippen MR) is 151 cm³/mol. The van der Waals surface area contributed by atoms with E-state index in [2.05, 4.69) is 44.6 Å². The first-order valence-electron chi connectivity index (χ1n) is 13.2. The molecule has 2 heterocycles. The van der Waals surface area contributed by atoms with Crippen LogP contribution in [0.25, 0.3) is 0 Å². The fourth-order valence-corrected chi connectivity index (χ4v) is 4.43. The van der Waals surface area contributed by atoms with Crippen LogP contribution in [0.15, 0.2) is 54.7 Å². The molecule has 200 valence electrons. The molecule has 8 heteroatoms. The van der Waals surface area contributed by atoms with Gasteiger partial charge in [0.2, 0.25) is 0 Å². The van der Waals surface area contributed by atoms with Crippen molar-refractivity contribution < 1.29 is 14.3 Å². The highest BCUT2D eigenvalue weighted by Gasteiger charge is 2.13. The van der Waals surface area contributed by atoms with Crippen molar-refractivity contribution in [3.05, 3.63) is 71.4 Å². The first kappa shape index (κ1) is 27.2. The first-order valence-corrected chi connectivity index (χ1v) is 13.2. The zero-order chi connectivity index (χ0) is 26.7. The van der Waals surface area contributed by atoms with E-state index >= 15 is 0 Å². The summed E-state index contributed by atoms with van der Waals surface area (Å²) in [5.74, 6) is 7.20. The smallest absolute Gasteiger partial charge is 0.257 e. The molecule has 0 radical (unpaired) electrons. The van der Waals surface area contributed by atoms with Crippen LogP contribution in [0, 0.1) is 11.8 Å². The molecule has 1 aliphatic rings. The third kappa shape index (κ3) is 8.37. The number of hydrogen-bond acceptors (Lipinski definition) is 6. The number of methoxy groups -OCH3 is 1. The topological polar surface area (TPSA) is 80.7 Å². The fraction of sp³-hybridized carbons (Fsp3) is 0.400. The molecule has 0 saturated carbocycles. The molecule has 4 rings (SSSR count). The number of aromatic nitrogens is 2. The summed E-state index contributed by atoms with van der Waals surface area (Å²) < 4.78 is 12.8. The van der Waals surface area contributed by atoms with Crippen molar-refractivity contribution in [2.24, 2.45) is 7.05 Å². The monoisotopic (exact) mass is 515 g/mol. The predicted octanol–water partition coefficient (Wildman–Crippen LogP) is 4.38. The Morgan fingerprint density at radius 3 is 2.66 bits per heavy atom. The number of ether oxygens (including phenoxy) is 2. The average Bonchev–Trinajstić information content (AvgIpc) is 3.32. The number of amides is 1. The van der Waals surface area contributed by atoms with E-state index in [4.69, 9.17) is 9.47 Å². The minimum Gasteiger partial charge on any atom is -0.488 e. The zero-order valence-corrected chi connectivity index (χ0v) is 22.5. The van der Waals surface area contributed by atoms with Crippen LogP contribution >= 0.6 is 0 Å². The van der Waals surface area contributed by atoms with Gasteiger partial charge >= 0.3 is 0 Å². The number of aryl methyl sites for hydroxylation is 1. The molecule has 1 saturated heterocycles. The van der Waals surface area contributed by atoms with Crippen LogP contribution in [0.5, 0.6) is 5.75 Å². The van der Waals surface area contributed by atoms with Crippen LogP contribution < -0.4 is 15.4 Å². The number of hydrogen-bond donors (Lipinski definition) is 2. The van der Waals surface area contributed by atoms with Gasteiger partial charge in [0, 0.05) is 61.9 Å². The van der Waals surface area contributed by atoms with Crippen molar-refractivity contribution in [2.75, 3.05) is 50.5 Å². The Balaban J connectivity index is 1.48. The van der Waals surface area contributed by atoms with Gasteiger partial charge in [-0.2, -0.15) is 5.10 Å². The van der Waals surface area contributed by atoms with Gasteiger partial charge in [0.25, 0.3) is 5.91 Å². The van der Waals surface area contributed by atoms with Crippen LogP contribution in [0.2, 0.25) is 0 Å². The van der Waals surface area contributed by atoms with Gasteiger partial charge in [-0.15, -0.1) is 0 Å². The van der Waals surface area contributed by atoms with E-state index in [-0.39, 0.29) is 12.0 Å². The van der Waals surface area contributed by atoms with Crippen LogP contribution in [0.1, 0.15) is 47.7 Å². The number of carbonyl (C=O) groups is 1. The zero-order valence-electron chi connectivity index (χ0n) is 22.5. The van der Waals surface area contributed by atoms with Crippen LogP contribution in [-0.4, -0.2) is 66.6 Å². The Labute approximate surface area is 225 Å². The lowest BCUT2D eigenvalue weighted by Gasteiger charge is -2.26. The molecule has 1 atom stereocenters. The second kappa shape index (κ2) is 13.7. The first-order chi connectivity index (χ1) is 18.5. The van der Waals surface area contributed by atoms with E-state index < -0.39 is 0 Å². The minimum atomic E-state index is -0.281. The number of piperidine rings is 1. The summed E-state index contributed by atoms with van der Waals surface area (Å²) in [6.07, 6.45) is 5.55. The van der Waals surface area contributed by atoms with E-state index in [0.717, 1.165) is 24.3 Å². The SMILES string of the molecule is COC[C@H](C)Oc1cc(C#Cc2cccc(NCCN3CCCCC3)c2)cc(C(=O)Nc2ccn(C)n2)c1. The minimum absolute atomic E-state index is 0.178. The summed E-state index contributed by atoms with van der Waals surface area (Å²) in [5, 5.41) is 10.6. The van der Waals surface area contributed by atoms with Crippen molar-refractivity contribution >= 4 is 17.4 Å². The molecular formula is C30H37N5O3. The average molecular weight is 516 g/mol. The van der Waals surface area contributed by atoms with Crippen molar-refractivity contribution in [3.8, 4) is 17.6 Å². The summed E-state index contributed by atoms with van der Waals surface area (Å²) in [5.41, 5.74) is 3.07. The van der Waals surface area contributed by atoms with E-state index in [1.165, 1.54) is 32.4 Å². The highest BCUT2D eigenvalue weighted by atomic mass is 16.5. The summed E-state index contributed by atoms with van der Waals surface area (Å²) in [6, 6.07) is 15.2. The molecular weight excluding hydrogens is 478 g/mol. The van der Waals surface area contributed by atoms with Gasteiger partial charge in [-0.25, -0.2) is 0 Å². The van der Waals surface area contributed by atoms with Crippen molar-refractivity contribution in [1.82, 2.24) is 14.7 Å². The molecule has 2 N–H and O–H groups in total. The van der Waals surface area contributed by atoms with Gasteiger partial charge in [0.1, 0.15) is 11.9 Å². The molecule has 1 aromatic heterocycles. The molecule has 0 aliphatic carbocycles. The molecule has 3 aromatic rings. The largest absolute Gasteiger partial charge is 0.488 e. The number of likely N-dealkylation sites (tertiary alicyclic amines) is 1. The van der Waals surface area contributed by atoms with E-state index in [0.29, 0.717) is 29.3 Å². The van der Waals surface area contributed by atoms with E-state index in [9.17, 15) is 4.79 Å². The molecule has 0 spiro atoms. The van der Waals surface area contributed by atoms with Crippen LogP contribution in [0.3, 0.4) is 0 Å². The maximum absolute atomic E-state index is 13.0. The lowest BCUT2D eigenvalue weighted by molar-refractivity contribution is 0.0917. The van der Waals surface area contributed by atoms with Gasteiger partial charge in [0.15, 0.2) is 5.82 Å². The standard InChI is InChI=1S/C30H37N5O3/c1-23(22-37-3)38-28-20-25(18-26(21-28)30(36)32-29-12-16-34(2)33-29)11-10-24-8-7-9-27(19-24)31-13-17-35-14-5-4-6-15-35/h7-9,12,16,18-21,23,31H,4-6,13-15,17,22H2,1-3H3,(H,32,33,36)/t23-/m0/s1. The summed E-state index contributed by atoms with van der Waals surface area (Å²) in [7, 11) is 3.43. The molecule has 1 aliphatic heterocycles. The molecule has 1 fully saturated rings. The number of benzene rings is 2. The second-order valence-corrected chi connectivity index (χ2v) is 9.62. The summed E-state index contributed by atoms with van der Waals surface area (Å²) in [4.78, 5) is 15.5. The number of nitrogens with one attached hydrogen (secondary N) is 2. The van der Waals surface area contributed by atoms with Crippen LogP contribution in [-0.2, 0) is 11.8 Å². The molecule has 38 heavy (non-hydrogen) atoms. The van der Waals surface area contributed by atoms with Gasteiger partial charge in [-0.3, -0.25) is 9.48 Å². The molecule has 8 nitrogen and oxygen atoms in total. The van der Waals surface area contributed by atoms with E-state index in [1.54, 1.807) is 43.2 Å². The molecule has 0 unspecified atom stereocenters. The normalized spacial score (nSPS) is 14.3. The quantitative estimate of drug-likeness (QED) is 0.390. The lowest BCUT2D eigenvalue weighted by Crippen LogP contribution is -2.33. The van der Waals surface area contributed by atoms with Crippen LogP contribution in [0.4, 0.5) is 11.5 Å². The van der Waals surface area contributed by atoms with Crippen molar-refractivity contribution in [1.29, 1.82) is 0 Å². The number of nitrogens with zero attached hydrogens (tertiary/aromatic N) is 3. The van der Waals surface area contributed by atoms with E-state index in [1.807, 2.05) is 25.1 Å². The molecule has 1 amide bonds. The molecule has 2 aromatic carbocycles. The number of carbonyl (C=O) groups excluding carboxylic acids is 1. The lowest BCUT2D eigenvalue weighted by atomic mass is 10.1. The van der Waals surface area contributed by atoms with Gasteiger partial charge in [-0.05, 0) is 69.3 Å². The van der Waals surface area contributed by atoms with Gasteiger partial charge < -0.3 is 25.0 Å². The fourth-order valence-electron chi connectivity index (χ4n) is 4.43. The summed E-state index contributed by atoms with van der Waals surface area (Å²) >= 11 is 0. The summed E-state index contributed by atoms with van der Waals surface area (Å²) in [6.45, 7) is 6.70. The van der Waals surface area contributed by atoms with Gasteiger partial charge in [0.05, 0.1) is 6.61 Å². The van der Waals surface area contributed by atoms with Crippen molar-refractivity contribution in [3.63, 3.8) is 0 Å². The Bertz CT molecular complexity index is 1270. The Kier molecular flexibility index (Phi) is 9.79. The highest BCUT2D eigenvalue weighted by molar-refractivity contribution is 6.04. The second-order valence-electron chi connectivity index (χ2n) is 9.62. The number of anilines is 2. The Morgan fingerprint density at radius 1 is 1.08 bits per heavy atom.